The first kappa shape index (κ1) is 66.9. The molecule has 0 aromatic carbocycles. The van der Waals surface area contributed by atoms with Crippen LogP contribution in [0.2, 0.25) is 0 Å². The third kappa shape index (κ3) is 36.8. The standard InChI is InChI=1S/C50H96N6O16/c1-39(2)41(4)42-38-40(3)46(42)56-47(49(60)72-50(5,6)7)55-45(58)12-17-62-21-25-66-28-30-68-32-34-70-36-37-71-35-33-69-31-29-67-27-23-64-19-15-53-48(59)43(10-8-9-13-51)54-44(57)11-16-61-20-24-65-26-22-63-18-14-52/h39-41,43,47,56H,8-38,51-52H2,1-7H3,(H,53,59)(H,54,57)(H,55,58)/t40-,41-,43?,47?/m0/s1. The van der Waals surface area contributed by atoms with Gasteiger partial charge in [-0.1, -0.05) is 27.7 Å². The summed E-state index contributed by atoms with van der Waals surface area (Å²) in [5.41, 5.74) is 12.6. The van der Waals surface area contributed by atoms with Gasteiger partial charge in [-0.25, -0.2) is 4.79 Å². The number of hydrogen-bond donors (Lipinski definition) is 6. The van der Waals surface area contributed by atoms with Crippen molar-refractivity contribution in [2.24, 2.45) is 29.2 Å². The van der Waals surface area contributed by atoms with E-state index in [9.17, 15) is 19.2 Å². The summed E-state index contributed by atoms with van der Waals surface area (Å²) in [5, 5.41) is 11.7. The number of carbonyl (C=O) groups excluding carboxylic acids is 4. The van der Waals surface area contributed by atoms with Crippen LogP contribution in [0.5, 0.6) is 0 Å². The van der Waals surface area contributed by atoms with Crippen LogP contribution < -0.4 is 32.7 Å². The smallest absolute Gasteiger partial charge is 0.350 e. The average molecular weight is 1040 g/mol. The molecule has 1 rings (SSSR count). The van der Waals surface area contributed by atoms with E-state index in [2.05, 4.69) is 49.0 Å². The largest absolute Gasteiger partial charge is 0.457 e. The van der Waals surface area contributed by atoms with E-state index in [4.69, 9.17) is 68.3 Å². The molecule has 4 atom stereocenters. The van der Waals surface area contributed by atoms with Crippen LogP contribution in [0.1, 0.15) is 87.0 Å². The molecule has 0 saturated carbocycles. The Bertz CT molecular complexity index is 1420. The Morgan fingerprint density at radius 1 is 0.556 bits per heavy atom. The number of amides is 3. The summed E-state index contributed by atoms with van der Waals surface area (Å²) in [5.74, 6) is -0.278. The number of nitrogens with two attached hydrogens (primary N) is 2. The summed E-state index contributed by atoms with van der Waals surface area (Å²) in [6, 6.07) is -0.667. The molecule has 0 fully saturated rings. The summed E-state index contributed by atoms with van der Waals surface area (Å²) in [4.78, 5) is 51.1. The number of rotatable bonds is 50. The van der Waals surface area contributed by atoms with Crippen LogP contribution in [-0.2, 0) is 76.0 Å². The molecule has 0 bridgehead atoms. The average Bonchev–Trinajstić information content (AvgIpc) is 3.33. The fraction of sp³-hybridized carbons (Fsp3) is 0.880. The molecule has 0 aromatic rings. The minimum Gasteiger partial charge on any atom is -0.457 e. The van der Waals surface area contributed by atoms with E-state index in [1.807, 2.05) is 0 Å². The molecule has 422 valence electrons. The van der Waals surface area contributed by atoms with Crippen molar-refractivity contribution in [3.8, 4) is 0 Å². The van der Waals surface area contributed by atoms with Gasteiger partial charge in [0.05, 0.1) is 152 Å². The molecule has 0 radical (unpaired) electrons. The van der Waals surface area contributed by atoms with Gasteiger partial charge in [-0.3, -0.25) is 14.4 Å². The van der Waals surface area contributed by atoms with Crippen LogP contribution in [0, 0.1) is 17.8 Å². The van der Waals surface area contributed by atoms with Gasteiger partial charge in [0.1, 0.15) is 11.6 Å². The van der Waals surface area contributed by atoms with Crippen LogP contribution in [0.15, 0.2) is 11.3 Å². The van der Waals surface area contributed by atoms with E-state index in [-0.39, 0.29) is 49.7 Å². The Hall–Kier alpha value is -3.10. The van der Waals surface area contributed by atoms with Gasteiger partial charge < -0.3 is 89.6 Å². The number of hydrogen-bond acceptors (Lipinski definition) is 19. The SMILES string of the molecule is CC(C)[C@H](C)C1=C(NC(NC(=O)CCOCCOCCOCCOCCOCCOCCOCCOCCNC(=O)C(CCCCN)NC(=O)CCOCCOCCOCCN)C(=O)OC(C)(C)C)[C@@H](C)C1. The lowest BCUT2D eigenvalue weighted by atomic mass is 9.73. The zero-order chi connectivity index (χ0) is 53.1. The fourth-order valence-electron chi connectivity index (χ4n) is 6.69. The summed E-state index contributed by atoms with van der Waals surface area (Å²) in [6.07, 6.45) is 2.13. The van der Waals surface area contributed by atoms with Crippen molar-refractivity contribution in [3.05, 3.63) is 11.3 Å². The maximum Gasteiger partial charge on any atom is 0.350 e. The third-order valence-corrected chi connectivity index (χ3v) is 10.9. The van der Waals surface area contributed by atoms with Crippen molar-refractivity contribution in [2.45, 2.75) is 105 Å². The number of nitrogens with one attached hydrogen (secondary N) is 4. The molecule has 22 heteroatoms. The number of carbonyl (C=O) groups is 4. The Balaban J connectivity index is 1.97. The van der Waals surface area contributed by atoms with Crippen molar-refractivity contribution in [3.63, 3.8) is 0 Å². The molecule has 0 saturated heterocycles. The molecule has 2 unspecified atom stereocenters. The van der Waals surface area contributed by atoms with Crippen molar-refractivity contribution >= 4 is 23.7 Å². The first-order chi connectivity index (χ1) is 34.7. The molecule has 22 nitrogen and oxygen atoms in total. The number of allylic oxidation sites excluding steroid dienone is 2. The van der Waals surface area contributed by atoms with Gasteiger partial charge in [-0.05, 0) is 76.3 Å². The zero-order valence-electron chi connectivity index (χ0n) is 45.0. The summed E-state index contributed by atoms with van der Waals surface area (Å²) < 4.78 is 66.0. The predicted octanol–water partition coefficient (Wildman–Crippen LogP) is 1.60. The van der Waals surface area contributed by atoms with Gasteiger partial charge in [-0.15, -0.1) is 0 Å². The van der Waals surface area contributed by atoms with E-state index in [1.165, 1.54) is 5.57 Å². The van der Waals surface area contributed by atoms with Crippen LogP contribution in [0.25, 0.3) is 0 Å². The molecule has 3 amide bonds. The lowest BCUT2D eigenvalue weighted by molar-refractivity contribution is -0.159. The molecule has 0 aromatic heterocycles. The van der Waals surface area contributed by atoms with E-state index >= 15 is 0 Å². The molecule has 1 aliphatic carbocycles. The maximum atomic E-state index is 13.0. The van der Waals surface area contributed by atoms with Gasteiger partial charge in [-0.2, -0.15) is 0 Å². The third-order valence-electron chi connectivity index (χ3n) is 10.9. The van der Waals surface area contributed by atoms with Gasteiger partial charge in [0, 0.05) is 25.2 Å². The molecule has 8 N–H and O–H groups in total. The Morgan fingerprint density at radius 2 is 0.958 bits per heavy atom. The second kappa shape index (κ2) is 44.2. The number of unbranched alkanes of at least 4 members (excludes halogenated alkanes) is 1. The highest BCUT2D eigenvalue weighted by Gasteiger charge is 2.35. The highest BCUT2D eigenvalue weighted by Crippen LogP contribution is 2.40. The molecular weight excluding hydrogens is 941 g/mol. The highest BCUT2D eigenvalue weighted by molar-refractivity contribution is 5.87. The van der Waals surface area contributed by atoms with E-state index in [1.54, 1.807) is 20.8 Å². The second-order valence-electron chi connectivity index (χ2n) is 18.5. The van der Waals surface area contributed by atoms with Crippen LogP contribution in [0.3, 0.4) is 0 Å². The van der Waals surface area contributed by atoms with Gasteiger partial charge in [0.25, 0.3) is 0 Å². The molecule has 0 heterocycles. The van der Waals surface area contributed by atoms with Crippen LogP contribution in [0.4, 0.5) is 0 Å². The quantitative estimate of drug-likeness (QED) is 0.0287. The van der Waals surface area contributed by atoms with Crippen molar-refractivity contribution in [1.29, 1.82) is 0 Å². The van der Waals surface area contributed by atoms with E-state index in [0.717, 1.165) is 18.5 Å². The lowest BCUT2D eigenvalue weighted by Gasteiger charge is -2.39. The Labute approximate surface area is 430 Å². The number of esters is 1. The van der Waals surface area contributed by atoms with Gasteiger partial charge >= 0.3 is 5.97 Å². The zero-order valence-corrected chi connectivity index (χ0v) is 45.0. The first-order valence-corrected chi connectivity index (χ1v) is 26.0. The normalized spacial score (nSPS) is 15.0. The lowest BCUT2D eigenvalue weighted by Crippen LogP contribution is -2.54. The molecule has 0 spiro atoms. The molecule has 0 aliphatic heterocycles. The summed E-state index contributed by atoms with van der Waals surface area (Å²) in [6.45, 7) is 23.8. The maximum absolute atomic E-state index is 13.0. The second-order valence-corrected chi connectivity index (χ2v) is 18.5. The van der Waals surface area contributed by atoms with Gasteiger partial charge in [0.15, 0.2) is 6.17 Å². The van der Waals surface area contributed by atoms with Gasteiger partial charge in [0.2, 0.25) is 17.7 Å². The van der Waals surface area contributed by atoms with Crippen molar-refractivity contribution in [1.82, 2.24) is 21.3 Å². The summed E-state index contributed by atoms with van der Waals surface area (Å²) in [7, 11) is 0. The minimum atomic E-state index is -0.990. The predicted molar refractivity (Wildman–Crippen MR) is 271 cm³/mol. The van der Waals surface area contributed by atoms with E-state index < -0.39 is 23.8 Å². The van der Waals surface area contributed by atoms with E-state index in [0.29, 0.717) is 176 Å². The first-order valence-electron chi connectivity index (χ1n) is 26.0. The minimum absolute atomic E-state index is 0.0873. The highest BCUT2D eigenvalue weighted by atomic mass is 16.6. The molecule has 1 aliphatic rings. The Morgan fingerprint density at radius 3 is 1.35 bits per heavy atom. The topological polar surface area (TPSA) is 279 Å². The van der Waals surface area contributed by atoms with Crippen LogP contribution >= 0.6 is 0 Å². The van der Waals surface area contributed by atoms with Crippen molar-refractivity contribution < 1.29 is 76.0 Å². The van der Waals surface area contributed by atoms with Crippen molar-refractivity contribution in [2.75, 3.05) is 165 Å². The molecule has 72 heavy (non-hydrogen) atoms. The molecular formula is C50H96N6O16. The Kier molecular flexibility index (Phi) is 41.1. The van der Waals surface area contributed by atoms with Crippen LogP contribution in [-0.4, -0.2) is 206 Å². The number of ether oxygens (including phenoxy) is 12. The fourth-order valence-corrected chi connectivity index (χ4v) is 6.69. The monoisotopic (exact) mass is 1040 g/mol. The summed E-state index contributed by atoms with van der Waals surface area (Å²) >= 11 is 0.